The fourth-order valence-corrected chi connectivity index (χ4v) is 2.90. The highest BCUT2D eigenvalue weighted by atomic mass is 16.5. The average molecular weight is 250 g/mol. The lowest BCUT2D eigenvalue weighted by atomic mass is 9.81. The number of carbonyl (C=O) groups is 1. The van der Waals surface area contributed by atoms with Gasteiger partial charge in [0.2, 0.25) is 5.91 Å². The van der Waals surface area contributed by atoms with Crippen LogP contribution in [-0.4, -0.2) is 36.6 Å². The van der Waals surface area contributed by atoms with E-state index in [9.17, 15) is 4.79 Å². The third-order valence-electron chi connectivity index (χ3n) is 4.38. The second kappa shape index (κ2) is 5.27. The normalized spacial score (nSPS) is 31.1. The number of rotatable bonds is 2. The number of hydrogen-bond donors (Lipinski definition) is 0. The van der Waals surface area contributed by atoms with E-state index < -0.39 is 0 Å². The van der Waals surface area contributed by atoms with E-state index in [2.05, 4.69) is 13.0 Å². The Morgan fingerprint density at radius 2 is 2.17 bits per heavy atom. The summed E-state index contributed by atoms with van der Waals surface area (Å²) in [6, 6.07) is 2.37. The third-order valence-corrected chi connectivity index (χ3v) is 4.38. The number of carbonyl (C=O) groups excluding carboxylic acids is 1. The van der Waals surface area contributed by atoms with E-state index in [4.69, 9.17) is 10.00 Å². The fourth-order valence-electron chi connectivity index (χ4n) is 2.90. The van der Waals surface area contributed by atoms with Gasteiger partial charge in [-0.05, 0) is 32.6 Å². The van der Waals surface area contributed by atoms with Crippen LogP contribution in [0.1, 0.15) is 39.5 Å². The smallest absolute Gasteiger partial charge is 0.228 e. The highest BCUT2D eigenvalue weighted by molar-refractivity contribution is 5.79. The second-order valence-corrected chi connectivity index (χ2v) is 5.71. The summed E-state index contributed by atoms with van der Waals surface area (Å²) < 4.78 is 5.59. The van der Waals surface area contributed by atoms with Gasteiger partial charge < -0.3 is 9.64 Å². The molecular weight excluding hydrogens is 228 g/mol. The van der Waals surface area contributed by atoms with E-state index in [1.807, 2.05) is 11.8 Å². The quantitative estimate of drug-likeness (QED) is 0.752. The van der Waals surface area contributed by atoms with Crippen molar-refractivity contribution in [1.29, 1.82) is 5.26 Å². The Morgan fingerprint density at radius 1 is 1.50 bits per heavy atom. The SMILES string of the molecule is CCC1OCCC1C(=O)N1CCC(C)(C#N)CC1. The van der Waals surface area contributed by atoms with Crippen molar-refractivity contribution in [3.8, 4) is 6.07 Å². The molecule has 2 rings (SSSR count). The van der Waals surface area contributed by atoms with Gasteiger partial charge in [-0.15, -0.1) is 0 Å². The standard InChI is InChI=1S/C14H22N2O2/c1-3-12-11(4-9-18-12)13(17)16-7-5-14(2,10-15)6-8-16/h11-12H,3-9H2,1-2H3. The molecule has 0 aliphatic carbocycles. The van der Waals surface area contributed by atoms with Crippen molar-refractivity contribution in [2.75, 3.05) is 19.7 Å². The Labute approximate surface area is 109 Å². The van der Waals surface area contributed by atoms with E-state index in [0.717, 1.165) is 38.8 Å². The zero-order valence-electron chi connectivity index (χ0n) is 11.3. The van der Waals surface area contributed by atoms with Gasteiger partial charge in [0.25, 0.3) is 0 Å². The van der Waals surface area contributed by atoms with Crippen LogP contribution >= 0.6 is 0 Å². The number of nitriles is 1. The maximum atomic E-state index is 12.4. The predicted molar refractivity (Wildman–Crippen MR) is 67.7 cm³/mol. The Balaban J connectivity index is 1.94. The topological polar surface area (TPSA) is 53.3 Å². The molecule has 1 amide bonds. The van der Waals surface area contributed by atoms with Gasteiger partial charge in [0, 0.05) is 19.7 Å². The molecule has 4 heteroatoms. The molecule has 0 radical (unpaired) electrons. The molecule has 0 bridgehead atoms. The molecule has 0 N–H and O–H groups in total. The molecule has 0 aromatic heterocycles. The minimum absolute atomic E-state index is 0.0430. The maximum Gasteiger partial charge on any atom is 0.228 e. The summed E-state index contributed by atoms with van der Waals surface area (Å²) in [5.74, 6) is 0.279. The molecule has 2 aliphatic heterocycles. The molecule has 2 aliphatic rings. The molecule has 2 saturated heterocycles. The van der Waals surface area contributed by atoms with Gasteiger partial charge in [-0.25, -0.2) is 0 Å². The van der Waals surface area contributed by atoms with Gasteiger partial charge in [-0.2, -0.15) is 5.26 Å². The maximum absolute atomic E-state index is 12.4. The highest BCUT2D eigenvalue weighted by Gasteiger charge is 2.38. The zero-order valence-corrected chi connectivity index (χ0v) is 11.3. The van der Waals surface area contributed by atoms with E-state index in [0.29, 0.717) is 6.61 Å². The van der Waals surface area contributed by atoms with E-state index >= 15 is 0 Å². The van der Waals surface area contributed by atoms with Crippen LogP contribution in [-0.2, 0) is 9.53 Å². The molecular formula is C14H22N2O2. The summed E-state index contributed by atoms with van der Waals surface area (Å²) in [5.41, 5.74) is -0.243. The summed E-state index contributed by atoms with van der Waals surface area (Å²) in [4.78, 5) is 14.4. The summed E-state index contributed by atoms with van der Waals surface area (Å²) in [5, 5.41) is 9.09. The summed E-state index contributed by atoms with van der Waals surface area (Å²) in [6.45, 7) is 6.20. The van der Waals surface area contributed by atoms with Crippen LogP contribution < -0.4 is 0 Å². The Hall–Kier alpha value is -1.08. The van der Waals surface area contributed by atoms with Gasteiger partial charge in [-0.1, -0.05) is 6.92 Å². The molecule has 100 valence electrons. The molecule has 0 aromatic rings. The van der Waals surface area contributed by atoms with Gasteiger partial charge in [0.1, 0.15) is 0 Å². The van der Waals surface area contributed by atoms with E-state index in [1.165, 1.54) is 0 Å². The first kappa shape index (κ1) is 13.4. The number of amides is 1. The van der Waals surface area contributed by atoms with Crippen molar-refractivity contribution in [1.82, 2.24) is 4.90 Å². The number of piperidine rings is 1. The third kappa shape index (κ3) is 2.51. The minimum Gasteiger partial charge on any atom is -0.377 e. The number of nitrogens with zero attached hydrogens (tertiary/aromatic N) is 2. The lowest BCUT2D eigenvalue weighted by Crippen LogP contribution is -2.45. The molecule has 0 spiro atoms. The molecule has 0 saturated carbocycles. The Kier molecular flexibility index (Phi) is 3.91. The van der Waals surface area contributed by atoms with Gasteiger partial charge in [-0.3, -0.25) is 4.79 Å². The van der Waals surface area contributed by atoms with E-state index in [1.54, 1.807) is 0 Å². The summed E-state index contributed by atoms with van der Waals surface area (Å²) in [7, 11) is 0. The minimum atomic E-state index is -0.243. The van der Waals surface area contributed by atoms with Crippen molar-refractivity contribution >= 4 is 5.91 Å². The van der Waals surface area contributed by atoms with Crippen molar-refractivity contribution in [2.24, 2.45) is 11.3 Å². The van der Waals surface area contributed by atoms with Gasteiger partial charge in [0.15, 0.2) is 0 Å². The Morgan fingerprint density at radius 3 is 2.72 bits per heavy atom. The van der Waals surface area contributed by atoms with Crippen LogP contribution in [0, 0.1) is 22.7 Å². The van der Waals surface area contributed by atoms with Crippen LogP contribution in [0.2, 0.25) is 0 Å². The van der Waals surface area contributed by atoms with Crippen LogP contribution in [0.3, 0.4) is 0 Å². The lowest BCUT2D eigenvalue weighted by molar-refractivity contribution is -0.139. The average Bonchev–Trinajstić information content (AvgIpc) is 2.87. The van der Waals surface area contributed by atoms with Crippen molar-refractivity contribution in [2.45, 2.75) is 45.6 Å². The van der Waals surface area contributed by atoms with Gasteiger partial charge in [0.05, 0.1) is 23.5 Å². The summed E-state index contributed by atoms with van der Waals surface area (Å²) >= 11 is 0. The van der Waals surface area contributed by atoms with E-state index in [-0.39, 0.29) is 23.3 Å². The molecule has 4 nitrogen and oxygen atoms in total. The predicted octanol–water partition coefficient (Wildman–Crippen LogP) is 1.95. The van der Waals surface area contributed by atoms with Crippen molar-refractivity contribution in [3.05, 3.63) is 0 Å². The first-order chi connectivity index (χ1) is 8.59. The number of ether oxygens (including phenoxy) is 1. The molecule has 2 unspecified atom stereocenters. The zero-order chi connectivity index (χ0) is 13.2. The summed E-state index contributed by atoms with van der Waals surface area (Å²) in [6.07, 6.45) is 3.43. The molecule has 18 heavy (non-hydrogen) atoms. The van der Waals surface area contributed by atoms with Crippen LogP contribution in [0.5, 0.6) is 0 Å². The lowest BCUT2D eigenvalue weighted by Gasteiger charge is -2.36. The molecule has 2 fully saturated rings. The van der Waals surface area contributed by atoms with Crippen molar-refractivity contribution < 1.29 is 9.53 Å². The first-order valence-electron chi connectivity index (χ1n) is 6.91. The second-order valence-electron chi connectivity index (χ2n) is 5.71. The largest absolute Gasteiger partial charge is 0.377 e. The molecule has 2 atom stereocenters. The Bertz CT molecular complexity index is 353. The molecule has 0 aromatic carbocycles. The highest BCUT2D eigenvalue weighted by Crippen LogP contribution is 2.32. The van der Waals surface area contributed by atoms with Crippen LogP contribution in [0.15, 0.2) is 0 Å². The fraction of sp³-hybridized carbons (Fsp3) is 0.857. The van der Waals surface area contributed by atoms with Crippen LogP contribution in [0.25, 0.3) is 0 Å². The number of likely N-dealkylation sites (tertiary alicyclic amines) is 1. The monoisotopic (exact) mass is 250 g/mol. The van der Waals surface area contributed by atoms with Crippen LogP contribution in [0.4, 0.5) is 0 Å². The van der Waals surface area contributed by atoms with Crippen molar-refractivity contribution in [3.63, 3.8) is 0 Å². The first-order valence-corrected chi connectivity index (χ1v) is 6.91. The van der Waals surface area contributed by atoms with Gasteiger partial charge >= 0.3 is 0 Å². The molecule has 2 heterocycles. The number of hydrogen-bond acceptors (Lipinski definition) is 3.